The van der Waals surface area contributed by atoms with Gasteiger partial charge in [-0.2, -0.15) is 8.42 Å². The predicted octanol–water partition coefficient (Wildman–Crippen LogP) is 5.15. The van der Waals surface area contributed by atoms with Gasteiger partial charge in [0, 0.05) is 5.02 Å². The summed E-state index contributed by atoms with van der Waals surface area (Å²) in [6, 6.07) is 14.4. The van der Waals surface area contributed by atoms with Crippen LogP contribution in [0.1, 0.15) is 16.7 Å². The third kappa shape index (κ3) is 5.06. The topological polar surface area (TPSA) is 110 Å². The number of aryl methyl sites for hydroxylation is 1. The molecule has 0 unspecified atom stereocenters. The van der Waals surface area contributed by atoms with E-state index >= 15 is 0 Å². The molecule has 1 heterocycles. The fourth-order valence-corrected chi connectivity index (χ4v) is 5.13. The van der Waals surface area contributed by atoms with Gasteiger partial charge in [0.05, 0.1) is 10.2 Å². The number of carbonyl (C=O) groups excluding carboxylic acids is 3. The van der Waals surface area contributed by atoms with E-state index in [1.54, 1.807) is 37.3 Å². The zero-order chi connectivity index (χ0) is 26.2. The van der Waals surface area contributed by atoms with Gasteiger partial charge in [-0.25, -0.2) is 9.69 Å². The zero-order valence-corrected chi connectivity index (χ0v) is 22.1. The van der Waals surface area contributed by atoms with Crippen molar-refractivity contribution in [1.29, 1.82) is 0 Å². The molecule has 1 aliphatic rings. The van der Waals surface area contributed by atoms with Crippen molar-refractivity contribution < 1.29 is 27.0 Å². The second kappa shape index (κ2) is 9.88. The van der Waals surface area contributed by atoms with E-state index < -0.39 is 28.0 Å². The average Bonchev–Trinajstić information content (AvgIpc) is 2.81. The normalized spacial score (nSPS) is 15.3. The first kappa shape index (κ1) is 25.6. The van der Waals surface area contributed by atoms with Crippen LogP contribution in [0.5, 0.6) is 5.75 Å². The molecule has 1 fully saturated rings. The van der Waals surface area contributed by atoms with Gasteiger partial charge in [0.1, 0.15) is 10.5 Å². The molecule has 3 aromatic carbocycles. The minimum absolute atomic E-state index is 0.00302. The maximum atomic E-state index is 13.2. The number of nitrogens with zero attached hydrogens (tertiary/aromatic N) is 1. The van der Waals surface area contributed by atoms with Crippen molar-refractivity contribution in [3.8, 4) is 5.75 Å². The number of rotatable bonds is 5. The molecule has 1 N–H and O–H groups in total. The highest BCUT2D eigenvalue weighted by molar-refractivity contribution is 9.10. The van der Waals surface area contributed by atoms with Gasteiger partial charge in [-0.1, -0.05) is 41.4 Å². The Labute approximate surface area is 220 Å². The standard InChI is InChI=1S/C25H18BrClN2O6S/c1-14-6-9-17(10-7-14)36(33,34)35-22-11-8-16(13-19(22)26)12-18-23(30)28-25(32)29(24(18)31)21-5-3-4-20(27)15(21)2/h3-13H,1-2H3,(H,28,30,32)/b18-12+. The molecule has 184 valence electrons. The van der Waals surface area contributed by atoms with Crippen LogP contribution in [0.4, 0.5) is 10.5 Å². The van der Waals surface area contributed by atoms with Crippen LogP contribution in [0.2, 0.25) is 5.02 Å². The van der Waals surface area contributed by atoms with Gasteiger partial charge in [-0.05, 0) is 83.4 Å². The van der Waals surface area contributed by atoms with Crippen molar-refractivity contribution in [3.63, 3.8) is 0 Å². The molecule has 0 saturated carbocycles. The Balaban J connectivity index is 1.64. The summed E-state index contributed by atoms with van der Waals surface area (Å²) in [6.07, 6.45) is 1.29. The molecule has 8 nitrogen and oxygen atoms in total. The molecule has 1 saturated heterocycles. The van der Waals surface area contributed by atoms with Crippen molar-refractivity contribution in [2.24, 2.45) is 0 Å². The number of nitrogens with one attached hydrogen (secondary N) is 1. The minimum Gasteiger partial charge on any atom is -0.378 e. The molecule has 4 amide bonds. The Bertz CT molecular complexity index is 1550. The quantitative estimate of drug-likeness (QED) is 0.250. The summed E-state index contributed by atoms with van der Waals surface area (Å²) in [7, 11) is -4.08. The summed E-state index contributed by atoms with van der Waals surface area (Å²) in [4.78, 5) is 38.9. The van der Waals surface area contributed by atoms with Crippen molar-refractivity contribution in [3.05, 3.63) is 92.4 Å². The second-order valence-electron chi connectivity index (χ2n) is 7.88. The van der Waals surface area contributed by atoms with Crippen LogP contribution >= 0.6 is 27.5 Å². The molecule has 0 aromatic heterocycles. The number of carbonyl (C=O) groups is 3. The third-order valence-corrected chi connectivity index (χ3v) is 7.64. The van der Waals surface area contributed by atoms with Crippen molar-refractivity contribution in [2.45, 2.75) is 18.7 Å². The highest BCUT2D eigenvalue weighted by Gasteiger charge is 2.37. The lowest BCUT2D eigenvalue weighted by molar-refractivity contribution is -0.122. The highest BCUT2D eigenvalue weighted by Crippen LogP contribution is 2.32. The van der Waals surface area contributed by atoms with Gasteiger partial charge >= 0.3 is 16.1 Å². The fourth-order valence-electron chi connectivity index (χ4n) is 3.43. The maximum Gasteiger partial charge on any atom is 0.339 e. The minimum atomic E-state index is -4.08. The number of imide groups is 2. The first-order valence-corrected chi connectivity index (χ1v) is 13.0. The summed E-state index contributed by atoms with van der Waals surface area (Å²) < 4.78 is 30.7. The molecule has 0 atom stereocenters. The van der Waals surface area contributed by atoms with Gasteiger partial charge in [-0.3, -0.25) is 14.9 Å². The summed E-state index contributed by atoms with van der Waals surface area (Å²) in [5.41, 5.74) is 1.74. The van der Waals surface area contributed by atoms with Crippen LogP contribution < -0.4 is 14.4 Å². The van der Waals surface area contributed by atoms with E-state index in [9.17, 15) is 22.8 Å². The second-order valence-corrected chi connectivity index (χ2v) is 10.7. The number of hydrogen-bond donors (Lipinski definition) is 1. The summed E-state index contributed by atoms with van der Waals surface area (Å²) in [5, 5.41) is 2.51. The van der Waals surface area contributed by atoms with Gasteiger partial charge in [0.15, 0.2) is 5.75 Å². The van der Waals surface area contributed by atoms with E-state index in [2.05, 4.69) is 21.2 Å². The van der Waals surface area contributed by atoms with Gasteiger partial charge < -0.3 is 4.18 Å². The first-order valence-electron chi connectivity index (χ1n) is 10.5. The van der Waals surface area contributed by atoms with E-state index in [4.69, 9.17) is 15.8 Å². The number of amides is 4. The molecule has 0 aliphatic carbocycles. The Morgan fingerprint density at radius 2 is 1.69 bits per heavy atom. The molecule has 11 heteroatoms. The smallest absolute Gasteiger partial charge is 0.339 e. The zero-order valence-electron chi connectivity index (χ0n) is 18.9. The lowest BCUT2D eigenvalue weighted by Gasteiger charge is -2.27. The summed E-state index contributed by atoms with van der Waals surface area (Å²) in [6.45, 7) is 3.49. The van der Waals surface area contributed by atoms with Crippen LogP contribution in [-0.2, 0) is 19.7 Å². The number of anilines is 1. The van der Waals surface area contributed by atoms with Gasteiger partial charge in [0.2, 0.25) is 0 Å². The van der Waals surface area contributed by atoms with E-state index in [1.807, 2.05) is 6.92 Å². The van der Waals surface area contributed by atoms with Crippen LogP contribution in [0.25, 0.3) is 6.08 Å². The summed E-state index contributed by atoms with van der Waals surface area (Å²) >= 11 is 9.41. The molecule has 1 aliphatic heterocycles. The van der Waals surface area contributed by atoms with Crippen molar-refractivity contribution >= 4 is 67.3 Å². The molecule has 4 rings (SSSR count). The molecular formula is C25H18BrClN2O6S. The molecule has 3 aromatic rings. The van der Waals surface area contributed by atoms with Gasteiger partial charge in [0.25, 0.3) is 11.8 Å². The lowest BCUT2D eigenvalue weighted by atomic mass is 10.1. The predicted molar refractivity (Wildman–Crippen MR) is 138 cm³/mol. The third-order valence-electron chi connectivity index (χ3n) is 5.36. The molecule has 0 radical (unpaired) electrons. The molecular weight excluding hydrogens is 572 g/mol. The Hall–Kier alpha value is -3.47. The van der Waals surface area contributed by atoms with Crippen LogP contribution in [-0.4, -0.2) is 26.3 Å². The van der Waals surface area contributed by atoms with E-state index in [0.29, 0.717) is 16.1 Å². The number of halogens is 2. The Kier molecular flexibility index (Phi) is 7.03. The lowest BCUT2D eigenvalue weighted by Crippen LogP contribution is -2.54. The van der Waals surface area contributed by atoms with Crippen LogP contribution in [0, 0.1) is 13.8 Å². The van der Waals surface area contributed by atoms with E-state index in [0.717, 1.165) is 10.5 Å². The number of urea groups is 1. The fraction of sp³-hybridized carbons (Fsp3) is 0.0800. The number of benzene rings is 3. The van der Waals surface area contributed by atoms with Crippen molar-refractivity contribution in [2.75, 3.05) is 4.90 Å². The van der Waals surface area contributed by atoms with Crippen molar-refractivity contribution in [1.82, 2.24) is 5.32 Å². The van der Waals surface area contributed by atoms with Crippen LogP contribution in [0.3, 0.4) is 0 Å². The monoisotopic (exact) mass is 588 g/mol. The number of hydrogen-bond acceptors (Lipinski definition) is 6. The molecule has 0 spiro atoms. The summed E-state index contributed by atoms with van der Waals surface area (Å²) in [5.74, 6) is -1.67. The average molecular weight is 590 g/mol. The molecule has 36 heavy (non-hydrogen) atoms. The Morgan fingerprint density at radius 3 is 2.36 bits per heavy atom. The maximum absolute atomic E-state index is 13.2. The van der Waals surface area contributed by atoms with Crippen LogP contribution in [0.15, 0.2) is 75.6 Å². The SMILES string of the molecule is Cc1ccc(S(=O)(=O)Oc2ccc(/C=C3\C(=O)NC(=O)N(c4cccc(Cl)c4C)C3=O)cc2Br)cc1. The van der Waals surface area contributed by atoms with Gasteiger partial charge in [-0.15, -0.1) is 0 Å². The first-order chi connectivity index (χ1) is 17.0. The number of barbiturate groups is 1. The highest BCUT2D eigenvalue weighted by atomic mass is 79.9. The van der Waals surface area contributed by atoms with E-state index in [-0.39, 0.29) is 26.4 Å². The Morgan fingerprint density at radius 1 is 1.00 bits per heavy atom. The van der Waals surface area contributed by atoms with E-state index in [1.165, 1.54) is 36.4 Å². The largest absolute Gasteiger partial charge is 0.378 e. The molecule has 0 bridgehead atoms.